The van der Waals surface area contributed by atoms with Crippen LogP contribution in [0.25, 0.3) is 11.5 Å². The quantitative estimate of drug-likeness (QED) is 0.612. The van der Waals surface area contributed by atoms with E-state index in [2.05, 4.69) is 11.2 Å². The van der Waals surface area contributed by atoms with Crippen LogP contribution in [0.5, 0.6) is 0 Å². The van der Waals surface area contributed by atoms with Gasteiger partial charge in [-0.15, -0.1) is 0 Å². The molecule has 2 heteroatoms. The number of furan rings is 1. The van der Waals surface area contributed by atoms with E-state index in [4.69, 9.17) is 4.42 Å². The maximum absolute atomic E-state index is 5.03. The van der Waals surface area contributed by atoms with Gasteiger partial charge in [-0.2, -0.15) is 0 Å². The first-order valence-corrected chi connectivity index (χ1v) is 3.34. The highest BCUT2D eigenvalue weighted by Gasteiger charge is 1.98. The smallest absolute Gasteiger partial charge is 0.170 e. The molecule has 0 unspecified atom stereocenters. The minimum Gasteiger partial charge on any atom is -0.451 e. The molecule has 2 rings (SSSR count). The van der Waals surface area contributed by atoms with Gasteiger partial charge in [0.25, 0.3) is 0 Å². The van der Waals surface area contributed by atoms with Crippen molar-refractivity contribution in [2.24, 2.45) is 0 Å². The SMILES string of the molecule is [c]1ccc(-c2ccccn2)o1. The molecular formula is C9H6NO. The van der Waals surface area contributed by atoms with E-state index in [1.165, 1.54) is 0 Å². The predicted octanol–water partition coefficient (Wildman–Crippen LogP) is 2.14. The fourth-order valence-electron chi connectivity index (χ4n) is 0.887. The van der Waals surface area contributed by atoms with Gasteiger partial charge in [-0.1, -0.05) is 6.07 Å². The molecule has 2 aromatic heterocycles. The second-order valence-electron chi connectivity index (χ2n) is 2.13. The molecule has 0 bridgehead atoms. The summed E-state index contributed by atoms with van der Waals surface area (Å²) in [6, 6.07) is 9.25. The van der Waals surface area contributed by atoms with E-state index in [-0.39, 0.29) is 0 Å². The van der Waals surface area contributed by atoms with Gasteiger partial charge in [0.05, 0.1) is 0 Å². The third kappa shape index (κ3) is 1.15. The molecule has 0 aliphatic heterocycles. The molecule has 0 atom stereocenters. The summed E-state index contributed by atoms with van der Waals surface area (Å²) in [4.78, 5) is 4.11. The Labute approximate surface area is 64.5 Å². The van der Waals surface area contributed by atoms with Crippen LogP contribution in [0.4, 0.5) is 0 Å². The summed E-state index contributed by atoms with van der Waals surface area (Å²) in [6.07, 6.45) is 4.35. The van der Waals surface area contributed by atoms with Gasteiger partial charge >= 0.3 is 0 Å². The molecule has 1 radical (unpaired) electrons. The van der Waals surface area contributed by atoms with Crippen LogP contribution < -0.4 is 0 Å². The third-order valence-electron chi connectivity index (χ3n) is 1.39. The molecule has 2 aromatic rings. The Morgan fingerprint density at radius 2 is 2.27 bits per heavy atom. The molecule has 0 aliphatic rings. The standard InChI is InChI=1S/C9H6NO/c1-2-6-10-8(4-1)9-5-3-7-11-9/h1-6H. The molecule has 0 spiro atoms. The van der Waals surface area contributed by atoms with Gasteiger partial charge in [0, 0.05) is 6.20 Å². The number of aromatic nitrogens is 1. The topological polar surface area (TPSA) is 26.0 Å². The van der Waals surface area contributed by atoms with Crippen LogP contribution in [0, 0.1) is 6.26 Å². The first-order chi connectivity index (χ1) is 5.47. The van der Waals surface area contributed by atoms with Crippen molar-refractivity contribution in [3.8, 4) is 11.5 Å². The van der Waals surface area contributed by atoms with E-state index in [1.807, 2.05) is 24.3 Å². The van der Waals surface area contributed by atoms with Gasteiger partial charge in [0.1, 0.15) is 5.69 Å². The van der Waals surface area contributed by atoms with E-state index in [0.717, 1.165) is 11.5 Å². The van der Waals surface area contributed by atoms with Gasteiger partial charge in [-0.25, -0.2) is 0 Å². The molecule has 0 amide bonds. The maximum atomic E-state index is 5.03. The minimum absolute atomic E-state index is 0.755. The van der Waals surface area contributed by atoms with Crippen LogP contribution in [0.1, 0.15) is 0 Å². The zero-order chi connectivity index (χ0) is 7.52. The fourth-order valence-corrected chi connectivity index (χ4v) is 0.887. The minimum atomic E-state index is 0.755. The Kier molecular flexibility index (Phi) is 1.44. The second kappa shape index (κ2) is 2.58. The predicted molar refractivity (Wildman–Crippen MR) is 40.8 cm³/mol. The summed E-state index contributed by atoms with van der Waals surface area (Å²) >= 11 is 0. The van der Waals surface area contributed by atoms with E-state index in [1.54, 1.807) is 12.3 Å². The second-order valence-corrected chi connectivity index (χ2v) is 2.13. The number of hydrogen-bond acceptors (Lipinski definition) is 2. The molecule has 11 heavy (non-hydrogen) atoms. The first kappa shape index (κ1) is 6.16. The van der Waals surface area contributed by atoms with Crippen molar-refractivity contribution in [2.75, 3.05) is 0 Å². The van der Waals surface area contributed by atoms with E-state index >= 15 is 0 Å². The fraction of sp³-hybridized carbons (Fsp3) is 0. The molecule has 0 aliphatic carbocycles. The van der Waals surface area contributed by atoms with E-state index in [0.29, 0.717) is 0 Å². The zero-order valence-electron chi connectivity index (χ0n) is 5.82. The first-order valence-electron chi connectivity index (χ1n) is 3.34. The van der Waals surface area contributed by atoms with Gasteiger partial charge in [0.15, 0.2) is 12.0 Å². The van der Waals surface area contributed by atoms with Crippen LogP contribution in [-0.2, 0) is 0 Å². The van der Waals surface area contributed by atoms with Crippen molar-refractivity contribution in [3.63, 3.8) is 0 Å². The molecule has 0 saturated carbocycles. The lowest BCUT2D eigenvalue weighted by Gasteiger charge is -1.91. The third-order valence-corrected chi connectivity index (χ3v) is 1.39. The molecule has 53 valence electrons. The largest absolute Gasteiger partial charge is 0.451 e. The van der Waals surface area contributed by atoms with Gasteiger partial charge in [0.2, 0.25) is 0 Å². The molecule has 0 fully saturated rings. The van der Waals surface area contributed by atoms with Crippen LogP contribution in [0.15, 0.2) is 40.9 Å². The number of rotatable bonds is 1. The maximum Gasteiger partial charge on any atom is 0.170 e. The Morgan fingerprint density at radius 3 is 2.91 bits per heavy atom. The highest BCUT2D eigenvalue weighted by molar-refractivity contribution is 5.50. The lowest BCUT2D eigenvalue weighted by Crippen LogP contribution is -1.76. The van der Waals surface area contributed by atoms with Gasteiger partial charge in [-0.3, -0.25) is 4.98 Å². The number of hydrogen-bond donors (Lipinski definition) is 0. The number of pyridine rings is 1. The van der Waals surface area contributed by atoms with Crippen molar-refractivity contribution in [2.45, 2.75) is 0 Å². The summed E-state index contributed by atoms with van der Waals surface area (Å²) in [7, 11) is 0. The van der Waals surface area contributed by atoms with Crippen LogP contribution in [0.2, 0.25) is 0 Å². The van der Waals surface area contributed by atoms with Gasteiger partial charge < -0.3 is 4.42 Å². The molecule has 0 aromatic carbocycles. The van der Waals surface area contributed by atoms with E-state index in [9.17, 15) is 0 Å². The van der Waals surface area contributed by atoms with Crippen molar-refractivity contribution in [1.82, 2.24) is 4.98 Å². The van der Waals surface area contributed by atoms with Crippen molar-refractivity contribution in [3.05, 3.63) is 42.8 Å². The van der Waals surface area contributed by atoms with E-state index < -0.39 is 0 Å². The summed E-state index contributed by atoms with van der Waals surface area (Å²) in [6.45, 7) is 0. The van der Waals surface area contributed by atoms with Crippen molar-refractivity contribution < 1.29 is 4.42 Å². The Morgan fingerprint density at radius 1 is 1.27 bits per heavy atom. The summed E-state index contributed by atoms with van der Waals surface area (Å²) in [5.74, 6) is 0.755. The summed E-state index contributed by atoms with van der Waals surface area (Å²) in [5.41, 5.74) is 0.841. The normalized spacial score (nSPS) is 9.82. The van der Waals surface area contributed by atoms with Crippen LogP contribution >= 0.6 is 0 Å². The summed E-state index contributed by atoms with van der Waals surface area (Å²) in [5, 5.41) is 0. The van der Waals surface area contributed by atoms with Crippen LogP contribution in [0.3, 0.4) is 0 Å². The Balaban J connectivity index is 2.46. The average molecular weight is 144 g/mol. The Bertz CT molecular complexity index is 313. The lowest BCUT2D eigenvalue weighted by atomic mass is 10.3. The molecule has 2 nitrogen and oxygen atoms in total. The summed E-state index contributed by atoms with van der Waals surface area (Å²) < 4.78 is 5.03. The molecule has 2 heterocycles. The monoisotopic (exact) mass is 144 g/mol. The van der Waals surface area contributed by atoms with Crippen molar-refractivity contribution in [1.29, 1.82) is 0 Å². The highest BCUT2D eigenvalue weighted by Crippen LogP contribution is 2.14. The highest BCUT2D eigenvalue weighted by atomic mass is 16.3. The van der Waals surface area contributed by atoms with Gasteiger partial charge in [-0.05, 0) is 24.3 Å². The zero-order valence-corrected chi connectivity index (χ0v) is 5.82. The molecule has 0 saturated heterocycles. The average Bonchev–Trinajstić information content (AvgIpc) is 2.58. The Hall–Kier alpha value is -1.57. The lowest BCUT2D eigenvalue weighted by molar-refractivity contribution is 0.571. The van der Waals surface area contributed by atoms with Crippen LogP contribution in [-0.4, -0.2) is 4.98 Å². The van der Waals surface area contributed by atoms with Crippen molar-refractivity contribution >= 4 is 0 Å². The molecular weight excluding hydrogens is 138 g/mol. The number of nitrogens with zero attached hydrogens (tertiary/aromatic N) is 1. The molecule has 0 N–H and O–H groups in total.